The first kappa shape index (κ1) is 23.1. The topological polar surface area (TPSA) is 119 Å². The molecule has 8 nitrogen and oxygen atoms in total. The van der Waals surface area contributed by atoms with Crippen LogP contribution in [0.2, 0.25) is 0 Å². The van der Waals surface area contributed by atoms with Crippen LogP contribution in [-0.4, -0.2) is 28.5 Å². The highest BCUT2D eigenvalue weighted by Crippen LogP contribution is 2.34. The van der Waals surface area contributed by atoms with Gasteiger partial charge in [-0.15, -0.1) is 3.63 Å². The quantitative estimate of drug-likeness (QED) is 0.385. The van der Waals surface area contributed by atoms with E-state index in [1.807, 2.05) is 30.3 Å². The van der Waals surface area contributed by atoms with Gasteiger partial charge < -0.3 is 10.1 Å². The summed E-state index contributed by atoms with van der Waals surface area (Å²) < 4.78 is 65.5. The summed E-state index contributed by atoms with van der Waals surface area (Å²) in [6, 6.07) is 19.1. The molecule has 0 fully saturated rings. The van der Waals surface area contributed by atoms with Crippen molar-refractivity contribution in [1.29, 1.82) is 0 Å². The standard InChI is InChI=1S/C23H21NO7S2/c1-30-19-11-9-16(10-12-19)21(20-7-4-6-18-14-24-15-22(18)20)13-17-5-2-3-8-23(17)32(25,26)31-33(27,28)29/h2-13,24H,14-15H2,1H3,(H,27,28,29). The van der Waals surface area contributed by atoms with Gasteiger partial charge >= 0.3 is 20.5 Å². The number of hydrogen-bond acceptors (Lipinski definition) is 7. The predicted octanol–water partition coefficient (Wildman–Crippen LogP) is 3.40. The second-order valence-corrected chi connectivity index (χ2v) is 10.1. The van der Waals surface area contributed by atoms with E-state index in [0.29, 0.717) is 12.3 Å². The van der Waals surface area contributed by atoms with E-state index in [-0.39, 0.29) is 10.5 Å². The molecular formula is C23H21NO7S2. The van der Waals surface area contributed by atoms with Crippen molar-refractivity contribution in [3.05, 3.63) is 94.5 Å². The Balaban J connectivity index is 1.93. The van der Waals surface area contributed by atoms with E-state index >= 15 is 0 Å². The van der Waals surface area contributed by atoms with Gasteiger partial charge in [-0.05, 0) is 57.7 Å². The number of rotatable bonds is 7. The number of hydrogen-bond donors (Lipinski definition) is 2. The first-order valence-electron chi connectivity index (χ1n) is 9.88. The Morgan fingerprint density at radius 1 is 0.939 bits per heavy atom. The minimum absolute atomic E-state index is 0.204. The van der Waals surface area contributed by atoms with Crippen LogP contribution >= 0.6 is 0 Å². The summed E-state index contributed by atoms with van der Waals surface area (Å²) in [5.74, 6) is 0.669. The van der Waals surface area contributed by atoms with E-state index in [1.165, 1.54) is 18.2 Å². The smallest absolute Gasteiger partial charge is 0.412 e. The van der Waals surface area contributed by atoms with Gasteiger partial charge in [0.05, 0.1) is 7.11 Å². The number of nitrogens with one attached hydrogen (secondary N) is 1. The molecule has 0 amide bonds. The Bertz CT molecular complexity index is 1430. The Hall–Kier alpha value is -3.02. The molecule has 0 bridgehead atoms. The van der Waals surface area contributed by atoms with Crippen LogP contribution in [0.15, 0.2) is 71.6 Å². The fourth-order valence-corrected chi connectivity index (χ4v) is 5.66. The second-order valence-electron chi connectivity index (χ2n) is 7.32. The maximum atomic E-state index is 12.6. The lowest BCUT2D eigenvalue weighted by atomic mass is 9.90. The lowest BCUT2D eigenvalue weighted by Gasteiger charge is -2.15. The van der Waals surface area contributed by atoms with Crippen molar-refractivity contribution < 1.29 is 29.8 Å². The third kappa shape index (κ3) is 5.15. The summed E-state index contributed by atoms with van der Waals surface area (Å²) in [6.07, 6.45) is 1.66. The molecule has 0 saturated heterocycles. The Kier molecular flexibility index (Phi) is 6.37. The summed E-state index contributed by atoms with van der Waals surface area (Å²) >= 11 is 0. The molecule has 0 spiro atoms. The Morgan fingerprint density at radius 3 is 2.36 bits per heavy atom. The van der Waals surface area contributed by atoms with E-state index in [9.17, 15) is 16.8 Å². The molecule has 0 radical (unpaired) electrons. The normalized spacial score (nSPS) is 14.2. The molecule has 0 aromatic heterocycles. The van der Waals surface area contributed by atoms with Crippen molar-refractivity contribution in [3.63, 3.8) is 0 Å². The van der Waals surface area contributed by atoms with Crippen molar-refractivity contribution >= 4 is 32.2 Å². The zero-order valence-corrected chi connectivity index (χ0v) is 19.2. The number of methoxy groups -OCH3 is 1. The van der Waals surface area contributed by atoms with E-state index in [0.717, 1.165) is 34.4 Å². The van der Waals surface area contributed by atoms with Crippen LogP contribution in [0.5, 0.6) is 5.75 Å². The molecule has 4 rings (SSSR count). The van der Waals surface area contributed by atoms with Crippen molar-refractivity contribution in [1.82, 2.24) is 5.32 Å². The third-order valence-electron chi connectivity index (χ3n) is 5.25. The fraction of sp³-hybridized carbons (Fsp3) is 0.130. The molecule has 1 aliphatic rings. The monoisotopic (exact) mass is 487 g/mol. The second kappa shape index (κ2) is 9.08. The van der Waals surface area contributed by atoms with Crippen molar-refractivity contribution in [2.45, 2.75) is 18.0 Å². The van der Waals surface area contributed by atoms with Crippen LogP contribution in [-0.2, 0) is 37.2 Å². The Labute approximate surface area is 192 Å². The van der Waals surface area contributed by atoms with Crippen LogP contribution in [0.3, 0.4) is 0 Å². The van der Waals surface area contributed by atoms with Crippen LogP contribution < -0.4 is 10.1 Å². The van der Waals surface area contributed by atoms with Crippen molar-refractivity contribution in [2.24, 2.45) is 0 Å². The van der Waals surface area contributed by atoms with Gasteiger partial charge in [-0.25, -0.2) is 0 Å². The number of benzene rings is 3. The molecule has 172 valence electrons. The zero-order chi connectivity index (χ0) is 23.6. The summed E-state index contributed by atoms with van der Waals surface area (Å²) in [4.78, 5) is -0.390. The summed E-state index contributed by atoms with van der Waals surface area (Å²) in [5.41, 5.74) is 4.88. The van der Waals surface area contributed by atoms with Gasteiger partial charge in [0.25, 0.3) is 0 Å². The zero-order valence-electron chi connectivity index (χ0n) is 17.6. The molecule has 1 heterocycles. The molecule has 0 aliphatic carbocycles. The van der Waals surface area contributed by atoms with Crippen molar-refractivity contribution in [3.8, 4) is 5.75 Å². The predicted molar refractivity (Wildman–Crippen MR) is 123 cm³/mol. The average Bonchev–Trinajstić information content (AvgIpc) is 3.25. The lowest BCUT2D eigenvalue weighted by molar-refractivity contribution is 0.383. The minimum atomic E-state index is -5.23. The van der Waals surface area contributed by atoms with Gasteiger partial charge in [0, 0.05) is 13.1 Å². The molecule has 2 N–H and O–H groups in total. The Morgan fingerprint density at radius 2 is 1.67 bits per heavy atom. The highest BCUT2D eigenvalue weighted by molar-refractivity contribution is 7.97. The molecule has 0 atom stereocenters. The first-order valence-corrected chi connectivity index (χ1v) is 12.7. The molecule has 3 aromatic carbocycles. The third-order valence-corrected chi connectivity index (χ3v) is 7.56. The largest absolute Gasteiger partial charge is 0.497 e. The molecule has 0 unspecified atom stereocenters. The summed E-state index contributed by atoms with van der Waals surface area (Å²) in [6.45, 7) is 1.39. The maximum Gasteiger partial charge on any atom is 0.412 e. The van der Waals surface area contributed by atoms with Crippen LogP contribution in [0.25, 0.3) is 11.6 Å². The van der Waals surface area contributed by atoms with Crippen LogP contribution in [0.4, 0.5) is 0 Å². The van der Waals surface area contributed by atoms with E-state index < -0.39 is 20.5 Å². The number of ether oxygens (including phenoxy) is 1. The van der Waals surface area contributed by atoms with Gasteiger partial charge in [-0.2, -0.15) is 16.8 Å². The van der Waals surface area contributed by atoms with Gasteiger partial charge in [0.2, 0.25) is 0 Å². The van der Waals surface area contributed by atoms with E-state index in [2.05, 4.69) is 8.95 Å². The molecule has 10 heteroatoms. The number of fused-ring (bicyclic) bond motifs is 1. The van der Waals surface area contributed by atoms with Crippen LogP contribution in [0, 0.1) is 0 Å². The molecule has 1 aliphatic heterocycles. The summed E-state index contributed by atoms with van der Waals surface area (Å²) in [7, 11) is -8.45. The molecule has 0 saturated carbocycles. The first-order chi connectivity index (χ1) is 15.7. The highest BCUT2D eigenvalue weighted by atomic mass is 32.3. The molecular weight excluding hydrogens is 466 g/mol. The van der Waals surface area contributed by atoms with Gasteiger partial charge in [0.1, 0.15) is 10.6 Å². The lowest BCUT2D eigenvalue weighted by Crippen LogP contribution is -2.13. The highest BCUT2D eigenvalue weighted by Gasteiger charge is 2.26. The molecule has 33 heavy (non-hydrogen) atoms. The SMILES string of the molecule is COc1ccc(C(=Cc2ccccc2S(=O)(=O)OS(=O)(=O)O)c2cccc3c2CNC3)cc1. The van der Waals surface area contributed by atoms with Gasteiger partial charge in [-0.3, -0.25) is 4.55 Å². The molecule has 3 aromatic rings. The van der Waals surface area contributed by atoms with Gasteiger partial charge in [-0.1, -0.05) is 48.5 Å². The van der Waals surface area contributed by atoms with E-state index in [4.69, 9.17) is 9.29 Å². The van der Waals surface area contributed by atoms with Gasteiger partial charge in [0.15, 0.2) is 0 Å². The average molecular weight is 488 g/mol. The van der Waals surface area contributed by atoms with Crippen molar-refractivity contribution in [2.75, 3.05) is 7.11 Å². The minimum Gasteiger partial charge on any atom is -0.497 e. The van der Waals surface area contributed by atoms with Crippen LogP contribution in [0.1, 0.15) is 27.8 Å². The maximum absolute atomic E-state index is 12.6. The fourth-order valence-electron chi connectivity index (χ4n) is 3.80. The summed E-state index contributed by atoms with van der Waals surface area (Å²) in [5, 5.41) is 3.32. The van der Waals surface area contributed by atoms with E-state index in [1.54, 1.807) is 31.4 Å².